The van der Waals surface area contributed by atoms with Gasteiger partial charge in [0.25, 0.3) is 0 Å². The topological polar surface area (TPSA) is 45.2 Å². The smallest absolute Gasteiger partial charge is 0.238 e. The molecule has 2 rings (SSSR count). The molecular weight excluding hydrogens is 349 g/mol. The van der Waals surface area contributed by atoms with Gasteiger partial charge in [-0.3, -0.25) is 4.79 Å². The first-order valence-electron chi connectivity index (χ1n) is 6.55. The number of aromatic nitrogens is 1. The molecule has 0 aliphatic carbocycles. The fourth-order valence-electron chi connectivity index (χ4n) is 1.90. The molecule has 114 valence electrons. The van der Waals surface area contributed by atoms with Crippen LogP contribution in [-0.4, -0.2) is 38.5 Å². The Kier molecular flexibility index (Phi) is 6.10. The van der Waals surface area contributed by atoms with Gasteiger partial charge in [-0.15, -0.1) is 0 Å². The molecule has 1 amide bonds. The van der Waals surface area contributed by atoms with Crippen molar-refractivity contribution < 1.29 is 4.79 Å². The summed E-state index contributed by atoms with van der Waals surface area (Å²) in [5.74, 6) is 0.129. The van der Waals surface area contributed by atoms with Gasteiger partial charge in [0.2, 0.25) is 5.91 Å². The Balaban J connectivity index is 1.91. The summed E-state index contributed by atoms with van der Waals surface area (Å²) in [4.78, 5) is 18.3. The molecule has 1 N–H and O–H groups in total. The zero-order valence-corrected chi connectivity index (χ0v) is 14.6. The molecule has 0 bridgehead atoms. The van der Waals surface area contributed by atoms with Gasteiger partial charge in [-0.2, -0.15) is 0 Å². The summed E-state index contributed by atoms with van der Waals surface area (Å²) < 4.78 is 0.769. The van der Waals surface area contributed by atoms with E-state index >= 15 is 0 Å². The number of halogens is 2. The highest BCUT2D eigenvalue weighted by Crippen LogP contribution is 2.25. The third-order valence-corrected chi connectivity index (χ3v) is 5.13. The van der Waals surface area contributed by atoms with Crippen molar-refractivity contribution in [3.63, 3.8) is 0 Å². The Bertz CT molecular complexity index is 550. The van der Waals surface area contributed by atoms with E-state index in [0.29, 0.717) is 15.9 Å². The summed E-state index contributed by atoms with van der Waals surface area (Å²) in [5, 5.41) is 3.12. The maximum Gasteiger partial charge on any atom is 0.238 e. The minimum absolute atomic E-state index is 0.182. The number of amides is 1. The van der Waals surface area contributed by atoms with Gasteiger partial charge in [-0.25, -0.2) is 4.98 Å². The molecule has 1 aliphatic rings. The Labute approximate surface area is 143 Å². The van der Waals surface area contributed by atoms with Crippen LogP contribution in [0.15, 0.2) is 12.3 Å². The number of hydrogen-bond donors (Lipinski definition) is 1. The average Bonchev–Trinajstić information content (AvgIpc) is 2.95. The van der Waals surface area contributed by atoms with Crippen molar-refractivity contribution in [2.45, 2.75) is 25.0 Å². The summed E-state index contributed by atoms with van der Waals surface area (Å²) >= 11 is 18.5. The predicted molar refractivity (Wildman–Crippen MR) is 93.3 cm³/mol. The molecule has 0 spiro atoms. The van der Waals surface area contributed by atoms with Crippen LogP contribution in [0.3, 0.4) is 0 Å². The molecule has 0 saturated carbocycles. The molecule has 1 atom stereocenters. The van der Waals surface area contributed by atoms with Gasteiger partial charge in [0, 0.05) is 19.3 Å². The molecule has 1 aromatic heterocycles. The van der Waals surface area contributed by atoms with Gasteiger partial charge in [0.15, 0.2) is 5.82 Å². The van der Waals surface area contributed by atoms with Crippen LogP contribution in [0, 0.1) is 0 Å². The number of likely N-dealkylation sites (tertiary alicyclic amines) is 1. The molecule has 4 nitrogen and oxygen atoms in total. The van der Waals surface area contributed by atoms with Gasteiger partial charge in [-0.05, 0) is 25.8 Å². The Morgan fingerprint density at radius 1 is 1.48 bits per heavy atom. The lowest BCUT2D eigenvalue weighted by Gasteiger charge is -2.20. The number of nitrogens with zero attached hydrogens (tertiary/aromatic N) is 2. The molecule has 1 aromatic rings. The second kappa shape index (κ2) is 7.63. The monoisotopic (exact) mass is 363 g/mol. The molecule has 0 unspecified atom stereocenters. The van der Waals surface area contributed by atoms with Crippen molar-refractivity contribution in [3.8, 4) is 0 Å². The molecular formula is C13H15Cl2N3OS2. The third-order valence-electron chi connectivity index (χ3n) is 3.06. The molecule has 8 heteroatoms. The van der Waals surface area contributed by atoms with Crippen LogP contribution < -0.4 is 5.32 Å². The average molecular weight is 364 g/mol. The number of thiocarbonyl (C=S) groups is 1. The zero-order valence-electron chi connectivity index (χ0n) is 11.4. The Morgan fingerprint density at radius 2 is 2.14 bits per heavy atom. The van der Waals surface area contributed by atoms with Gasteiger partial charge in [-0.1, -0.05) is 47.2 Å². The maximum atomic E-state index is 12.2. The van der Waals surface area contributed by atoms with E-state index < -0.39 is 0 Å². The lowest BCUT2D eigenvalue weighted by molar-refractivity contribution is -0.115. The van der Waals surface area contributed by atoms with Gasteiger partial charge in [0.05, 0.1) is 15.3 Å². The number of rotatable bonds is 3. The molecule has 2 heterocycles. The highest BCUT2D eigenvalue weighted by molar-refractivity contribution is 8.23. The molecule has 1 aliphatic heterocycles. The highest BCUT2D eigenvalue weighted by Gasteiger charge is 2.22. The fraction of sp³-hybridized carbons (Fsp3) is 0.462. The van der Waals surface area contributed by atoms with Crippen LogP contribution in [0.5, 0.6) is 0 Å². The first kappa shape index (κ1) is 16.8. The van der Waals surface area contributed by atoms with E-state index in [9.17, 15) is 4.79 Å². The highest BCUT2D eigenvalue weighted by atomic mass is 35.5. The minimum Gasteiger partial charge on any atom is -0.358 e. The first-order chi connectivity index (χ1) is 9.97. The normalized spacial score (nSPS) is 15.9. The van der Waals surface area contributed by atoms with Crippen LogP contribution in [0.25, 0.3) is 0 Å². The summed E-state index contributed by atoms with van der Waals surface area (Å²) in [7, 11) is 0. The standard InChI is InChI=1S/C13H15Cl2N3OS2/c1-8(21-13(20)18-4-2-3-5-18)12(19)17-11-10(15)6-9(14)7-16-11/h6-8H,2-5H2,1H3,(H,16,17,19)/t8-/m0/s1. The Hall–Kier alpha value is -0.560. The van der Waals surface area contributed by atoms with E-state index in [-0.39, 0.29) is 11.2 Å². The van der Waals surface area contributed by atoms with Crippen molar-refractivity contribution in [2.75, 3.05) is 18.4 Å². The fourth-order valence-corrected chi connectivity index (χ4v) is 3.75. The quantitative estimate of drug-likeness (QED) is 0.826. The molecule has 0 radical (unpaired) electrons. The minimum atomic E-state index is -0.313. The summed E-state index contributed by atoms with van der Waals surface area (Å²) in [6.45, 7) is 3.77. The molecule has 1 saturated heterocycles. The maximum absolute atomic E-state index is 12.2. The number of thioether (sulfide) groups is 1. The molecule has 21 heavy (non-hydrogen) atoms. The molecule has 0 aromatic carbocycles. The third kappa shape index (κ3) is 4.71. The van der Waals surface area contributed by atoms with Crippen molar-refractivity contribution in [3.05, 3.63) is 22.3 Å². The molecule has 1 fully saturated rings. The van der Waals surface area contributed by atoms with Gasteiger partial charge in [0.1, 0.15) is 4.32 Å². The van der Waals surface area contributed by atoms with Crippen molar-refractivity contribution in [2.24, 2.45) is 0 Å². The van der Waals surface area contributed by atoms with Crippen LogP contribution >= 0.6 is 47.2 Å². The van der Waals surface area contributed by atoms with E-state index in [1.165, 1.54) is 18.0 Å². The Morgan fingerprint density at radius 3 is 2.76 bits per heavy atom. The first-order valence-corrected chi connectivity index (χ1v) is 8.59. The van der Waals surface area contributed by atoms with Crippen molar-refractivity contribution in [1.82, 2.24) is 9.88 Å². The lowest BCUT2D eigenvalue weighted by atomic mass is 10.4. The number of carbonyl (C=O) groups excluding carboxylic acids is 1. The number of anilines is 1. The predicted octanol–water partition coefficient (Wildman–Crippen LogP) is 3.83. The second-order valence-corrected chi connectivity index (χ2v) is 7.51. The van der Waals surface area contributed by atoms with Crippen LogP contribution in [-0.2, 0) is 4.79 Å². The SMILES string of the molecule is C[C@H](SC(=S)N1CCCC1)C(=O)Nc1ncc(Cl)cc1Cl. The second-order valence-electron chi connectivity index (χ2n) is 4.69. The van der Waals surface area contributed by atoms with Crippen molar-refractivity contribution in [1.29, 1.82) is 0 Å². The van der Waals surface area contributed by atoms with E-state index in [4.69, 9.17) is 35.4 Å². The van der Waals surface area contributed by atoms with Gasteiger partial charge < -0.3 is 10.2 Å². The number of nitrogens with one attached hydrogen (secondary N) is 1. The number of hydrogen-bond acceptors (Lipinski definition) is 4. The van der Waals surface area contributed by atoms with E-state index in [0.717, 1.165) is 30.3 Å². The van der Waals surface area contributed by atoms with E-state index in [1.54, 1.807) is 6.07 Å². The van der Waals surface area contributed by atoms with Crippen molar-refractivity contribution >= 4 is 63.2 Å². The van der Waals surface area contributed by atoms with Crippen LogP contribution in [0.4, 0.5) is 5.82 Å². The zero-order chi connectivity index (χ0) is 15.4. The van der Waals surface area contributed by atoms with E-state index in [1.807, 2.05) is 6.92 Å². The summed E-state index contributed by atoms with van der Waals surface area (Å²) in [6.07, 6.45) is 3.76. The summed E-state index contributed by atoms with van der Waals surface area (Å²) in [6, 6.07) is 1.54. The summed E-state index contributed by atoms with van der Waals surface area (Å²) in [5.41, 5.74) is 0. The number of carbonyl (C=O) groups is 1. The number of pyridine rings is 1. The largest absolute Gasteiger partial charge is 0.358 e. The van der Waals surface area contributed by atoms with Gasteiger partial charge >= 0.3 is 0 Å². The van der Waals surface area contributed by atoms with Crippen LogP contribution in [0.1, 0.15) is 19.8 Å². The van der Waals surface area contributed by atoms with Crippen LogP contribution in [0.2, 0.25) is 10.0 Å². The lowest BCUT2D eigenvalue weighted by Crippen LogP contribution is -2.29. The van der Waals surface area contributed by atoms with E-state index in [2.05, 4.69) is 15.2 Å².